The van der Waals surface area contributed by atoms with Crippen LogP contribution in [0.3, 0.4) is 0 Å². The van der Waals surface area contributed by atoms with Crippen LogP contribution in [0.15, 0.2) is 42.5 Å². The molecule has 7 rings (SSSR count). The van der Waals surface area contributed by atoms with Gasteiger partial charge < -0.3 is 139 Å². The number of nitrogens with one attached hydrogen (secondary N) is 2. The van der Waals surface area contributed by atoms with Crippen LogP contribution in [0.25, 0.3) is 10.8 Å². The van der Waals surface area contributed by atoms with Gasteiger partial charge in [0, 0.05) is 25.5 Å². The molecular weight excluding hydrogens is 1080 g/mol. The number of aliphatic hydroxyl groups is 14. The number of aliphatic carboxylic acids is 1. The van der Waals surface area contributed by atoms with Crippen molar-refractivity contribution in [2.24, 2.45) is 0 Å². The molecule has 0 aliphatic carbocycles. The number of amides is 2. The Kier molecular flexibility index (Phi) is 23.3. The van der Waals surface area contributed by atoms with Crippen molar-refractivity contribution in [1.82, 2.24) is 10.6 Å². The van der Waals surface area contributed by atoms with E-state index in [-0.39, 0.29) is 41.7 Å². The average Bonchev–Trinajstić information content (AvgIpc) is 3.43. The summed E-state index contributed by atoms with van der Waals surface area (Å²) in [6.45, 7) is -0.463. The quantitative estimate of drug-likeness (QED) is 0.0548. The molecule has 0 bridgehead atoms. The fourth-order valence-electron chi connectivity index (χ4n) is 10.1. The van der Waals surface area contributed by atoms with Gasteiger partial charge in [0.1, 0.15) is 116 Å². The molecule has 2 aromatic rings. The number of rotatable bonds is 20. The van der Waals surface area contributed by atoms with Gasteiger partial charge in [-0.2, -0.15) is 0 Å². The van der Waals surface area contributed by atoms with E-state index in [0.29, 0.717) is 5.39 Å². The first-order valence-electron chi connectivity index (χ1n) is 25.1. The zero-order valence-electron chi connectivity index (χ0n) is 43.2. The van der Waals surface area contributed by atoms with Gasteiger partial charge in [-0.1, -0.05) is 30.3 Å². The molecule has 0 saturated carbocycles. The van der Waals surface area contributed by atoms with E-state index in [0.717, 1.165) is 12.3 Å². The number of hydrogen-bond donors (Lipinski definition) is 16. The standard InChI is InChI=1S/C48H70N2O28.Na/c1-4-69-44-35(64)40(31(60)24(14-52)71-44)76-43-28(50-42(66)21-10-9-19-7-5-6-8-20(19)11-21)39(75-45-34(63)33(62)29(58)17(2)70-45)37(26(16-54)73-43)74-46-36(65)41(32(61)25(15-53)72-46)78-48(47(67)68)12-22(56)27(49-18(3)55)38(77-48)30(59)23(57)13-51;/h5-11,17,22-41,43-46,51-54,56-65H,4,12-16H2,1-3H3,(H,49,55)(H,50,66)(H,67,68);/q;+1/p-1/t17-,22+,23+,24-,25-,26-,27+,28-,29+,30+,31-,32-,33-,34-,35-,36-,37+,38+,39+,40-,41-,43-,44+,45-,46-,48-;/m0./s1. The van der Waals surface area contributed by atoms with E-state index in [2.05, 4.69) is 10.6 Å². The third kappa shape index (κ3) is 14.1. The number of carbonyl (C=O) groups is 3. The van der Waals surface area contributed by atoms with Crippen LogP contribution in [-0.4, -0.2) is 281 Å². The number of aliphatic hydroxyl groups excluding tert-OH is 14. The van der Waals surface area contributed by atoms with E-state index in [1.54, 1.807) is 37.3 Å². The number of carboxylic acids is 1. The van der Waals surface area contributed by atoms with Crippen LogP contribution < -0.4 is 45.3 Å². The molecule has 5 aliphatic rings. The number of carbonyl (C=O) groups excluding carboxylic acids is 3. The minimum absolute atomic E-state index is 0. The van der Waals surface area contributed by atoms with Gasteiger partial charge in [0.2, 0.25) is 11.7 Å². The Bertz CT molecular complexity index is 2320. The van der Waals surface area contributed by atoms with Crippen molar-refractivity contribution in [3.8, 4) is 0 Å². The van der Waals surface area contributed by atoms with Gasteiger partial charge in [-0.3, -0.25) is 9.59 Å². The zero-order chi connectivity index (χ0) is 57.1. The maximum atomic E-state index is 14.6. The Morgan fingerprint density at radius 3 is 1.85 bits per heavy atom. The summed E-state index contributed by atoms with van der Waals surface area (Å²) in [6.07, 6.45) is -46.6. The normalized spacial score (nSPS) is 41.6. The summed E-state index contributed by atoms with van der Waals surface area (Å²) in [5, 5.41) is 173. The second-order valence-electron chi connectivity index (χ2n) is 19.6. The molecule has 26 atom stereocenters. The van der Waals surface area contributed by atoms with Crippen molar-refractivity contribution in [2.45, 2.75) is 186 Å². The molecular formula is C48H69N2NaO28. The van der Waals surface area contributed by atoms with E-state index in [1.807, 2.05) is 0 Å². The Hall–Kier alpha value is -2.85. The Morgan fingerprint density at radius 1 is 0.671 bits per heavy atom. The van der Waals surface area contributed by atoms with Gasteiger partial charge in [0.15, 0.2) is 25.2 Å². The molecule has 31 heteroatoms. The topological polar surface area (TPSA) is 474 Å². The summed E-state index contributed by atoms with van der Waals surface area (Å²) >= 11 is 0. The van der Waals surface area contributed by atoms with Crippen LogP contribution in [-0.2, 0) is 57.0 Å². The van der Waals surface area contributed by atoms with Crippen molar-refractivity contribution >= 4 is 28.6 Å². The van der Waals surface area contributed by atoms with E-state index < -0.39 is 210 Å². The first-order chi connectivity index (χ1) is 37.0. The molecule has 2 amide bonds. The average molecular weight is 1150 g/mol. The van der Waals surface area contributed by atoms with Crippen molar-refractivity contribution in [2.75, 3.05) is 33.0 Å². The maximum absolute atomic E-state index is 14.6. The number of benzene rings is 2. The largest absolute Gasteiger partial charge is 1.00 e. The fourth-order valence-corrected chi connectivity index (χ4v) is 10.1. The molecule has 5 fully saturated rings. The molecule has 0 radical (unpaired) electrons. The molecule has 16 N–H and O–H groups in total. The Labute approximate surface area is 472 Å². The van der Waals surface area contributed by atoms with Crippen LogP contribution in [0.5, 0.6) is 0 Å². The molecule has 79 heavy (non-hydrogen) atoms. The van der Waals surface area contributed by atoms with Crippen molar-refractivity contribution in [1.29, 1.82) is 0 Å². The first-order valence-corrected chi connectivity index (χ1v) is 25.1. The SMILES string of the molecule is CCO[C@@H]1O[C@@H](CO)[C@H](O)[C@H](O[C@@H]2O[C@@H](CO)[C@@H](O[C@@H]3O[C@@H](CO)[C@H](O)[C@H](O[C@]4(C(=O)[O-])C[C@@H](O)[C@@H](NC(C)=O)[C@H]([C@H](O)[C@H](O)CO)O4)[C@@H]3O)[C@H](O[C@@H]3O[C@@H](C)[C@@H](O)[C@H](O)[C@@H]3O)[C@@H]2NC(=O)c2ccc3ccccc3c2)[C@@H]1O.[Na+]. The summed E-state index contributed by atoms with van der Waals surface area (Å²) in [5.74, 6) is -7.39. The monoisotopic (exact) mass is 1140 g/mol. The van der Waals surface area contributed by atoms with Crippen LogP contribution >= 0.6 is 0 Å². The summed E-state index contributed by atoms with van der Waals surface area (Å²) in [7, 11) is 0. The number of ether oxygens (including phenoxy) is 10. The molecule has 30 nitrogen and oxygen atoms in total. The third-order valence-corrected chi connectivity index (χ3v) is 14.3. The van der Waals surface area contributed by atoms with E-state index in [9.17, 15) is 91.0 Å². The van der Waals surface area contributed by atoms with Gasteiger partial charge in [-0.05, 0) is 36.8 Å². The minimum atomic E-state index is -3.33. The second-order valence-corrected chi connectivity index (χ2v) is 19.6. The van der Waals surface area contributed by atoms with Crippen LogP contribution in [0.2, 0.25) is 0 Å². The van der Waals surface area contributed by atoms with E-state index in [4.69, 9.17) is 47.4 Å². The van der Waals surface area contributed by atoms with Crippen LogP contribution in [0.1, 0.15) is 37.6 Å². The summed E-state index contributed by atoms with van der Waals surface area (Å²) in [6, 6.07) is 7.92. The summed E-state index contributed by atoms with van der Waals surface area (Å²) < 4.78 is 59.3. The van der Waals surface area contributed by atoms with Gasteiger partial charge in [-0.25, -0.2) is 0 Å². The fraction of sp³-hybridized carbons (Fsp3) is 0.729. The zero-order valence-corrected chi connectivity index (χ0v) is 45.2. The maximum Gasteiger partial charge on any atom is 1.00 e. The van der Waals surface area contributed by atoms with E-state index in [1.165, 1.54) is 19.1 Å². The van der Waals surface area contributed by atoms with Gasteiger partial charge in [0.05, 0.1) is 44.7 Å². The van der Waals surface area contributed by atoms with Gasteiger partial charge in [0.25, 0.3) is 5.91 Å². The summed E-state index contributed by atoms with van der Waals surface area (Å²) in [4.78, 5) is 39.9. The molecule has 2 aromatic carbocycles. The predicted molar refractivity (Wildman–Crippen MR) is 250 cm³/mol. The number of hydrogen-bond acceptors (Lipinski definition) is 28. The molecule has 0 spiro atoms. The molecule has 5 aliphatic heterocycles. The third-order valence-electron chi connectivity index (χ3n) is 14.3. The van der Waals surface area contributed by atoms with Crippen molar-refractivity contribution < 1.29 is 168 Å². The Morgan fingerprint density at radius 2 is 1.24 bits per heavy atom. The van der Waals surface area contributed by atoms with Crippen molar-refractivity contribution in [3.63, 3.8) is 0 Å². The van der Waals surface area contributed by atoms with Crippen molar-refractivity contribution in [3.05, 3.63) is 48.0 Å². The molecule has 0 aromatic heterocycles. The Balaban J connectivity index is 0.0000101. The summed E-state index contributed by atoms with van der Waals surface area (Å²) in [5.41, 5.74) is -0.0105. The molecule has 440 valence electrons. The smallest absolute Gasteiger partial charge is 0.544 e. The molecule has 5 heterocycles. The van der Waals surface area contributed by atoms with Crippen LogP contribution in [0.4, 0.5) is 0 Å². The van der Waals surface area contributed by atoms with Gasteiger partial charge in [-0.15, -0.1) is 0 Å². The number of carboxylic acid groups (broad SMARTS) is 1. The number of fused-ring (bicyclic) bond motifs is 1. The second kappa shape index (κ2) is 28.2. The molecule has 5 saturated heterocycles. The predicted octanol–water partition coefficient (Wildman–Crippen LogP) is -12.2. The first kappa shape index (κ1) is 65.3. The van der Waals surface area contributed by atoms with Crippen LogP contribution in [0, 0.1) is 0 Å². The minimum Gasteiger partial charge on any atom is -0.544 e. The van der Waals surface area contributed by atoms with E-state index >= 15 is 0 Å². The van der Waals surface area contributed by atoms with Gasteiger partial charge >= 0.3 is 29.6 Å². The molecule has 0 unspecified atom stereocenters.